The van der Waals surface area contributed by atoms with Crippen LogP contribution in [0.2, 0.25) is 0 Å². The topological polar surface area (TPSA) is 108 Å². The third-order valence-corrected chi connectivity index (χ3v) is 1.49. The number of carbonyl (C=O) groups excluding carboxylic acids is 1. The molecule has 7 heteroatoms. The zero-order valence-corrected chi connectivity index (χ0v) is 7.52. The first kappa shape index (κ1) is 10.2. The first-order chi connectivity index (χ1) is 6.59. The van der Waals surface area contributed by atoms with Gasteiger partial charge in [-0.2, -0.15) is 5.10 Å². The van der Waals surface area contributed by atoms with Gasteiger partial charge in [0.15, 0.2) is 0 Å². The molecule has 1 rings (SSSR count). The van der Waals surface area contributed by atoms with Crippen LogP contribution >= 0.6 is 0 Å². The maximum absolute atomic E-state index is 11.3. The van der Waals surface area contributed by atoms with Crippen LogP contribution in [0.15, 0.2) is 6.33 Å². The number of carbonyl (C=O) groups is 2. The number of hydrogen-bond donors (Lipinski definition) is 3. The summed E-state index contributed by atoms with van der Waals surface area (Å²) < 4.78 is 0. The zero-order valence-electron chi connectivity index (χ0n) is 7.52. The lowest BCUT2D eigenvalue weighted by Crippen LogP contribution is -2.34. The van der Waals surface area contributed by atoms with Gasteiger partial charge >= 0.3 is 5.97 Å². The van der Waals surface area contributed by atoms with Crippen molar-refractivity contribution in [3.05, 3.63) is 12.2 Å². The van der Waals surface area contributed by atoms with Gasteiger partial charge in [0.2, 0.25) is 5.82 Å². The summed E-state index contributed by atoms with van der Waals surface area (Å²) in [5.74, 6) is -1.35. The van der Waals surface area contributed by atoms with Crippen molar-refractivity contribution in [3.63, 3.8) is 0 Å². The number of nitrogens with zero attached hydrogens (tertiary/aromatic N) is 2. The van der Waals surface area contributed by atoms with Crippen molar-refractivity contribution in [2.24, 2.45) is 0 Å². The molecule has 0 aliphatic heterocycles. The van der Waals surface area contributed by atoms with Crippen LogP contribution in [-0.2, 0) is 4.79 Å². The van der Waals surface area contributed by atoms with Crippen molar-refractivity contribution in [1.29, 1.82) is 0 Å². The number of hydrogen-bond acceptors (Lipinski definition) is 4. The number of rotatable bonds is 4. The van der Waals surface area contributed by atoms with E-state index < -0.39 is 17.9 Å². The summed E-state index contributed by atoms with van der Waals surface area (Å²) in [7, 11) is 0. The molecular formula is C7H10N4O3. The van der Waals surface area contributed by atoms with E-state index in [0.29, 0.717) is 0 Å². The molecule has 7 nitrogen and oxygen atoms in total. The standard InChI is InChI=1S/C7H10N4O3/c1-4(2-5(12)13)10-7(14)6-8-3-9-11-6/h3-4H,2H2,1H3,(H,10,14)(H,12,13)(H,8,9,11). The second-order valence-corrected chi connectivity index (χ2v) is 2.81. The number of nitrogens with one attached hydrogen (secondary N) is 2. The second kappa shape index (κ2) is 4.35. The highest BCUT2D eigenvalue weighted by Crippen LogP contribution is 1.93. The van der Waals surface area contributed by atoms with E-state index in [1.54, 1.807) is 6.92 Å². The molecule has 0 aliphatic rings. The number of aromatic amines is 1. The molecule has 0 saturated carbocycles. The quantitative estimate of drug-likeness (QED) is 0.598. The van der Waals surface area contributed by atoms with Crippen molar-refractivity contribution in [2.75, 3.05) is 0 Å². The Morgan fingerprint density at radius 2 is 2.43 bits per heavy atom. The number of amides is 1. The molecule has 1 amide bonds. The van der Waals surface area contributed by atoms with Crippen LogP contribution in [-0.4, -0.2) is 38.2 Å². The molecule has 1 atom stereocenters. The Labute approximate surface area is 79.5 Å². The fourth-order valence-electron chi connectivity index (χ4n) is 0.920. The van der Waals surface area contributed by atoms with Gasteiger partial charge in [-0.05, 0) is 6.92 Å². The maximum Gasteiger partial charge on any atom is 0.305 e. The van der Waals surface area contributed by atoms with Gasteiger partial charge in [0, 0.05) is 6.04 Å². The number of carboxylic acids is 1. The van der Waals surface area contributed by atoms with E-state index in [1.807, 2.05) is 0 Å². The third-order valence-electron chi connectivity index (χ3n) is 1.49. The molecule has 3 N–H and O–H groups in total. The number of H-pyrrole nitrogens is 1. The molecule has 0 saturated heterocycles. The fourth-order valence-corrected chi connectivity index (χ4v) is 0.920. The van der Waals surface area contributed by atoms with E-state index in [-0.39, 0.29) is 12.2 Å². The maximum atomic E-state index is 11.3. The normalized spacial score (nSPS) is 12.1. The molecule has 1 unspecified atom stereocenters. The van der Waals surface area contributed by atoms with Gasteiger partial charge in [-0.25, -0.2) is 4.98 Å². The molecular weight excluding hydrogens is 188 g/mol. The van der Waals surface area contributed by atoms with Crippen LogP contribution < -0.4 is 5.32 Å². The molecule has 1 heterocycles. The SMILES string of the molecule is CC(CC(=O)O)NC(=O)c1ncn[nH]1. The molecule has 0 fully saturated rings. The molecule has 14 heavy (non-hydrogen) atoms. The van der Waals surface area contributed by atoms with Crippen LogP contribution in [0, 0.1) is 0 Å². The van der Waals surface area contributed by atoms with Crippen molar-refractivity contribution in [1.82, 2.24) is 20.5 Å². The van der Waals surface area contributed by atoms with Crippen LogP contribution in [0.4, 0.5) is 0 Å². The van der Waals surface area contributed by atoms with Gasteiger partial charge < -0.3 is 10.4 Å². The number of aromatic nitrogens is 3. The average Bonchev–Trinajstić information content (AvgIpc) is 2.53. The first-order valence-corrected chi connectivity index (χ1v) is 3.97. The van der Waals surface area contributed by atoms with Crippen LogP contribution in [0.1, 0.15) is 24.0 Å². The second-order valence-electron chi connectivity index (χ2n) is 2.81. The van der Waals surface area contributed by atoms with Gasteiger partial charge in [0.05, 0.1) is 6.42 Å². The van der Waals surface area contributed by atoms with Crippen LogP contribution in [0.25, 0.3) is 0 Å². The minimum atomic E-state index is -0.963. The van der Waals surface area contributed by atoms with Gasteiger partial charge in [-0.1, -0.05) is 0 Å². The molecule has 0 aromatic carbocycles. The molecule has 1 aromatic rings. The number of aliphatic carboxylic acids is 1. The molecule has 0 spiro atoms. The Kier molecular flexibility index (Phi) is 3.16. The van der Waals surface area contributed by atoms with Crippen LogP contribution in [0.3, 0.4) is 0 Å². The summed E-state index contributed by atoms with van der Waals surface area (Å²) in [6.45, 7) is 1.60. The predicted molar refractivity (Wildman–Crippen MR) is 45.6 cm³/mol. The predicted octanol–water partition coefficient (Wildman–Crippen LogP) is -0.602. The molecule has 0 aliphatic carbocycles. The van der Waals surface area contributed by atoms with E-state index in [0.717, 1.165) is 0 Å². The van der Waals surface area contributed by atoms with E-state index in [2.05, 4.69) is 20.5 Å². The van der Waals surface area contributed by atoms with Crippen LogP contribution in [0.5, 0.6) is 0 Å². The third kappa shape index (κ3) is 2.85. The van der Waals surface area contributed by atoms with Crippen molar-refractivity contribution >= 4 is 11.9 Å². The lowest BCUT2D eigenvalue weighted by Gasteiger charge is -2.09. The Balaban J connectivity index is 2.45. The van der Waals surface area contributed by atoms with Gasteiger partial charge in [0.1, 0.15) is 6.33 Å². The highest BCUT2D eigenvalue weighted by Gasteiger charge is 2.13. The minimum absolute atomic E-state index is 0.0715. The summed E-state index contributed by atoms with van der Waals surface area (Å²) in [5, 5.41) is 16.8. The summed E-state index contributed by atoms with van der Waals surface area (Å²) in [6.07, 6.45) is 1.08. The Morgan fingerprint density at radius 3 is 2.93 bits per heavy atom. The first-order valence-electron chi connectivity index (χ1n) is 3.97. The largest absolute Gasteiger partial charge is 0.481 e. The molecule has 0 bridgehead atoms. The highest BCUT2D eigenvalue weighted by molar-refractivity contribution is 5.90. The van der Waals surface area contributed by atoms with E-state index >= 15 is 0 Å². The summed E-state index contributed by atoms with van der Waals surface area (Å²) in [4.78, 5) is 25.2. The zero-order chi connectivity index (χ0) is 10.6. The van der Waals surface area contributed by atoms with Gasteiger partial charge in [-0.3, -0.25) is 14.7 Å². The fraction of sp³-hybridized carbons (Fsp3) is 0.429. The van der Waals surface area contributed by atoms with Gasteiger partial charge in [0.25, 0.3) is 5.91 Å². The smallest absolute Gasteiger partial charge is 0.305 e. The van der Waals surface area contributed by atoms with Crippen molar-refractivity contribution < 1.29 is 14.7 Å². The highest BCUT2D eigenvalue weighted by atomic mass is 16.4. The Hall–Kier alpha value is -1.92. The molecule has 76 valence electrons. The van der Waals surface area contributed by atoms with E-state index in [1.165, 1.54) is 6.33 Å². The minimum Gasteiger partial charge on any atom is -0.481 e. The Bertz CT molecular complexity index is 322. The monoisotopic (exact) mass is 198 g/mol. The lowest BCUT2D eigenvalue weighted by molar-refractivity contribution is -0.137. The average molecular weight is 198 g/mol. The molecule has 1 aromatic heterocycles. The lowest BCUT2D eigenvalue weighted by atomic mass is 10.2. The molecule has 0 radical (unpaired) electrons. The van der Waals surface area contributed by atoms with Crippen molar-refractivity contribution in [2.45, 2.75) is 19.4 Å². The van der Waals surface area contributed by atoms with Gasteiger partial charge in [-0.15, -0.1) is 0 Å². The van der Waals surface area contributed by atoms with Crippen molar-refractivity contribution in [3.8, 4) is 0 Å². The Morgan fingerprint density at radius 1 is 1.71 bits per heavy atom. The summed E-state index contributed by atoms with van der Waals surface area (Å²) in [6, 6.07) is -0.440. The van der Waals surface area contributed by atoms with E-state index in [9.17, 15) is 9.59 Å². The summed E-state index contributed by atoms with van der Waals surface area (Å²) in [5.41, 5.74) is 0. The number of carboxylic acid groups (broad SMARTS) is 1. The summed E-state index contributed by atoms with van der Waals surface area (Å²) >= 11 is 0. The van der Waals surface area contributed by atoms with E-state index in [4.69, 9.17) is 5.11 Å².